The first-order valence-electron chi connectivity index (χ1n) is 11.5. The maximum Gasteiger partial charge on any atom is 0.229 e. The number of rotatable bonds is 10. The van der Waals surface area contributed by atoms with Gasteiger partial charge in [-0.3, -0.25) is 0 Å². The van der Waals surface area contributed by atoms with E-state index >= 15 is 0 Å². The number of aromatic nitrogens is 2. The second-order valence-electron chi connectivity index (χ2n) is 9.12. The van der Waals surface area contributed by atoms with Crippen molar-refractivity contribution in [1.82, 2.24) is 14.9 Å². The quantitative estimate of drug-likeness (QED) is 0.453. The normalized spacial score (nSPS) is 15.7. The highest BCUT2D eigenvalue weighted by Crippen LogP contribution is 2.31. The molecule has 0 aliphatic carbocycles. The van der Waals surface area contributed by atoms with Crippen molar-refractivity contribution in [3.05, 3.63) is 35.9 Å². The number of unbranched alkanes of at least 4 members (excludes halogenated alkanes) is 1. The molecular weight excluding hydrogens is 445 g/mol. The molecule has 0 atom stereocenters. The van der Waals surface area contributed by atoms with Gasteiger partial charge in [-0.1, -0.05) is 26.7 Å². The number of nitrogens with zero attached hydrogens (tertiary/aromatic N) is 3. The van der Waals surface area contributed by atoms with Crippen LogP contribution in [0.5, 0.6) is 17.5 Å². The number of benzene rings is 1. The van der Waals surface area contributed by atoms with Crippen molar-refractivity contribution in [3.8, 4) is 17.5 Å². The third kappa shape index (κ3) is 7.37. The Morgan fingerprint density at radius 2 is 1.85 bits per heavy atom. The first-order valence-corrected chi connectivity index (χ1v) is 13.4. The van der Waals surface area contributed by atoms with Gasteiger partial charge in [0.2, 0.25) is 11.8 Å². The molecular formula is C24H34FN3O4S. The van der Waals surface area contributed by atoms with E-state index in [9.17, 15) is 12.8 Å². The molecule has 1 fully saturated rings. The van der Waals surface area contributed by atoms with Crippen molar-refractivity contribution < 1.29 is 22.3 Å². The Kier molecular flexibility index (Phi) is 8.64. The van der Waals surface area contributed by atoms with Crippen molar-refractivity contribution >= 4 is 9.84 Å². The molecule has 1 aliphatic rings. The van der Waals surface area contributed by atoms with Crippen LogP contribution in [0, 0.1) is 18.7 Å². The first kappa shape index (κ1) is 25.4. The van der Waals surface area contributed by atoms with E-state index in [4.69, 9.17) is 9.47 Å². The third-order valence-electron chi connectivity index (χ3n) is 5.85. The minimum atomic E-state index is -3.51. The van der Waals surface area contributed by atoms with E-state index in [0.29, 0.717) is 11.4 Å². The molecule has 0 unspecified atom stereocenters. The van der Waals surface area contributed by atoms with Crippen molar-refractivity contribution in [2.45, 2.75) is 63.9 Å². The summed E-state index contributed by atoms with van der Waals surface area (Å²) in [5.41, 5.74) is 0.570. The summed E-state index contributed by atoms with van der Waals surface area (Å²) in [7, 11) is -3.51. The predicted octanol–water partition coefficient (Wildman–Crippen LogP) is 4.79. The molecule has 9 heteroatoms. The lowest BCUT2D eigenvalue weighted by atomic mass is 10.0. The van der Waals surface area contributed by atoms with Crippen LogP contribution >= 0.6 is 0 Å². The molecule has 7 nitrogen and oxygen atoms in total. The van der Waals surface area contributed by atoms with E-state index in [2.05, 4.69) is 28.7 Å². The lowest BCUT2D eigenvalue weighted by Gasteiger charge is -2.32. The third-order valence-corrected chi connectivity index (χ3v) is 6.96. The Balaban J connectivity index is 1.57. The minimum Gasteiger partial charge on any atom is -0.474 e. The van der Waals surface area contributed by atoms with Gasteiger partial charge >= 0.3 is 0 Å². The van der Waals surface area contributed by atoms with E-state index in [1.54, 1.807) is 6.92 Å². The van der Waals surface area contributed by atoms with Gasteiger partial charge in [0.25, 0.3) is 0 Å². The van der Waals surface area contributed by atoms with E-state index in [0.717, 1.165) is 50.7 Å². The van der Waals surface area contributed by atoms with Crippen LogP contribution in [0.1, 0.15) is 51.5 Å². The summed E-state index contributed by atoms with van der Waals surface area (Å²) < 4.78 is 49.4. The molecule has 0 amide bonds. The van der Waals surface area contributed by atoms with Crippen LogP contribution in [0.25, 0.3) is 0 Å². The molecule has 2 aromatic rings. The molecule has 0 saturated carbocycles. The topological polar surface area (TPSA) is 81.6 Å². The molecule has 1 aromatic heterocycles. The van der Waals surface area contributed by atoms with Crippen LogP contribution in [0.4, 0.5) is 4.39 Å². The van der Waals surface area contributed by atoms with Crippen LogP contribution < -0.4 is 9.47 Å². The van der Waals surface area contributed by atoms with Gasteiger partial charge in [0.1, 0.15) is 12.4 Å². The lowest BCUT2D eigenvalue weighted by molar-refractivity contribution is 0.0947. The van der Waals surface area contributed by atoms with E-state index < -0.39 is 15.7 Å². The van der Waals surface area contributed by atoms with Crippen LogP contribution in [-0.4, -0.2) is 55.3 Å². The van der Waals surface area contributed by atoms with Gasteiger partial charge in [-0.05, 0) is 56.8 Å². The number of halogens is 1. The van der Waals surface area contributed by atoms with Gasteiger partial charge < -0.3 is 14.4 Å². The second kappa shape index (κ2) is 11.2. The fraction of sp³-hybridized carbons (Fsp3) is 0.583. The number of hydrogen-bond donors (Lipinski definition) is 0. The van der Waals surface area contributed by atoms with Crippen molar-refractivity contribution in [1.29, 1.82) is 0 Å². The summed E-state index contributed by atoms with van der Waals surface area (Å²) in [4.78, 5) is 10.7. The summed E-state index contributed by atoms with van der Waals surface area (Å²) in [6, 6.07) is 3.53. The van der Waals surface area contributed by atoms with E-state index in [-0.39, 0.29) is 22.6 Å². The number of hydrogen-bond acceptors (Lipinski definition) is 7. The van der Waals surface area contributed by atoms with Gasteiger partial charge in [0.05, 0.1) is 10.5 Å². The molecule has 182 valence electrons. The zero-order valence-electron chi connectivity index (χ0n) is 19.9. The fourth-order valence-electron chi connectivity index (χ4n) is 3.84. The zero-order chi connectivity index (χ0) is 24.0. The molecule has 1 saturated heterocycles. The van der Waals surface area contributed by atoms with Crippen LogP contribution in [-0.2, 0) is 9.84 Å². The Hall–Kier alpha value is -2.26. The van der Waals surface area contributed by atoms with Gasteiger partial charge in [0, 0.05) is 19.3 Å². The Morgan fingerprint density at radius 3 is 2.48 bits per heavy atom. The summed E-state index contributed by atoms with van der Waals surface area (Å²) in [6.07, 6.45) is 8.04. The van der Waals surface area contributed by atoms with Gasteiger partial charge in [-0.2, -0.15) is 0 Å². The number of likely N-dealkylation sites (tertiary alicyclic amines) is 1. The SMILES string of the molecule is Cc1c(Oc2ccc(S(C)(=O)=O)cc2F)ncnc1OC1CCN(CCCCC(C)C)CC1. The highest BCUT2D eigenvalue weighted by Gasteiger charge is 2.23. The lowest BCUT2D eigenvalue weighted by Crippen LogP contribution is -2.38. The molecule has 0 spiro atoms. The summed E-state index contributed by atoms with van der Waals surface area (Å²) in [5, 5.41) is 0. The van der Waals surface area contributed by atoms with Crippen LogP contribution in [0.15, 0.2) is 29.4 Å². The number of piperidine rings is 1. The molecule has 1 aromatic carbocycles. The fourth-order valence-corrected chi connectivity index (χ4v) is 4.47. The standard InChI is InChI=1S/C24H34FN3O4S/c1-17(2)7-5-6-12-28-13-10-19(11-14-28)31-23-18(3)24(27-16-26-23)32-22-9-8-20(15-21(22)25)33(4,29)30/h8-9,15-17,19H,5-7,10-14H2,1-4H3. The minimum absolute atomic E-state index is 0.0594. The monoisotopic (exact) mass is 479 g/mol. The smallest absolute Gasteiger partial charge is 0.229 e. The zero-order valence-corrected chi connectivity index (χ0v) is 20.7. The molecule has 0 bridgehead atoms. The maximum atomic E-state index is 14.4. The van der Waals surface area contributed by atoms with Gasteiger partial charge in [0.15, 0.2) is 21.4 Å². The van der Waals surface area contributed by atoms with Crippen LogP contribution in [0.3, 0.4) is 0 Å². The highest BCUT2D eigenvalue weighted by molar-refractivity contribution is 7.90. The molecule has 1 aliphatic heterocycles. The molecule has 0 N–H and O–H groups in total. The molecule has 33 heavy (non-hydrogen) atoms. The number of sulfone groups is 1. The number of ether oxygens (including phenoxy) is 2. The van der Waals surface area contributed by atoms with E-state index in [1.165, 1.54) is 37.7 Å². The predicted molar refractivity (Wildman–Crippen MR) is 125 cm³/mol. The second-order valence-corrected chi connectivity index (χ2v) is 11.1. The van der Waals surface area contributed by atoms with Crippen LogP contribution in [0.2, 0.25) is 0 Å². The maximum absolute atomic E-state index is 14.4. The highest BCUT2D eigenvalue weighted by atomic mass is 32.2. The average molecular weight is 480 g/mol. The average Bonchev–Trinajstić information content (AvgIpc) is 2.75. The van der Waals surface area contributed by atoms with Crippen molar-refractivity contribution in [3.63, 3.8) is 0 Å². The Labute approximate surface area is 196 Å². The summed E-state index contributed by atoms with van der Waals surface area (Å²) in [5.74, 6) is 0.467. The Bertz CT molecular complexity index is 1040. The largest absolute Gasteiger partial charge is 0.474 e. The Morgan fingerprint density at radius 1 is 1.15 bits per heavy atom. The van der Waals surface area contributed by atoms with Crippen molar-refractivity contribution in [2.75, 3.05) is 25.9 Å². The molecule has 0 radical (unpaired) electrons. The van der Waals surface area contributed by atoms with Crippen molar-refractivity contribution in [2.24, 2.45) is 5.92 Å². The van der Waals surface area contributed by atoms with E-state index in [1.807, 2.05) is 0 Å². The molecule has 2 heterocycles. The summed E-state index contributed by atoms with van der Waals surface area (Å²) in [6.45, 7) is 9.42. The van der Waals surface area contributed by atoms with Gasteiger partial charge in [-0.15, -0.1) is 0 Å². The first-order chi connectivity index (χ1) is 15.6. The molecule has 3 rings (SSSR count). The van der Waals surface area contributed by atoms with Gasteiger partial charge in [-0.25, -0.2) is 22.8 Å². The summed E-state index contributed by atoms with van der Waals surface area (Å²) >= 11 is 0.